The third-order valence-corrected chi connectivity index (χ3v) is 9.84. The molecule has 0 aromatic heterocycles. The Kier molecular flexibility index (Phi) is 4.72. The van der Waals surface area contributed by atoms with Gasteiger partial charge in [-0.2, -0.15) is 0 Å². The molecule has 1 saturated heterocycles. The fourth-order valence-corrected chi connectivity index (χ4v) is 8.26. The highest BCUT2D eigenvalue weighted by atomic mass is 16.5. The number of aryl methyl sites for hydroxylation is 1. The van der Waals surface area contributed by atoms with Crippen LogP contribution in [0.1, 0.15) is 75.0 Å². The number of benzene rings is 2. The van der Waals surface area contributed by atoms with Gasteiger partial charge in [-0.25, -0.2) is 0 Å². The zero-order valence-electron chi connectivity index (χ0n) is 19.1. The van der Waals surface area contributed by atoms with Gasteiger partial charge in [0.1, 0.15) is 12.4 Å². The van der Waals surface area contributed by atoms with Crippen LogP contribution in [0.4, 0.5) is 0 Å². The second kappa shape index (κ2) is 7.37. The first-order valence-electron chi connectivity index (χ1n) is 12.5. The lowest BCUT2D eigenvalue weighted by Crippen LogP contribution is -2.53. The van der Waals surface area contributed by atoms with Crippen molar-refractivity contribution < 1.29 is 9.47 Å². The second-order valence-corrected chi connectivity index (χ2v) is 11.0. The Labute approximate surface area is 187 Å². The Bertz CT molecular complexity index is 952. The van der Waals surface area contributed by atoms with Crippen molar-refractivity contribution >= 4 is 0 Å². The molecule has 6 atom stereocenters. The smallest absolute Gasteiger partial charge is 0.120 e. The van der Waals surface area contributed by atoms with Crippen LogP contribution in [0, 0.1) is 23.2 Å². The van der Waals surface area contributed by atoms with Crippen LogP contribution in [0.25, 0.3) is 0 Å². The van der Waals surface area contributed by atoms with Gasteiger partial charge >= 0.3 is 0 Å². The Morgan fingerprint density at radius 1 is 1.00 bits per heavy atom. The second-order valence-electron chi connectivity index (χ2n) is 11.0. The van der Waals surface area contributed by atoms with E-state index in [4.69, 9.17) is 9.47 Å². The van der Waals surface area contributed by atoms with E-state index in [1.165, 1.54) is 56.1 Å². The first kappa shape index (κ1) is 19.9. The van der Waals surface area contributed by atoms with Crippen LogP contribution >= 0.6 is 0 Å². The topological polar surface area (TPSA) is 18.5 Å². The van der Waals surface area contributed by atoms with Crippen LogP contribution in [0.5, 0.6) is 5.75 Å². The van der Waals surface area contributed by atoms with Gasteiger partial charge in [-0.1, -0.05) is 50.2 Å². The molecule has 0 unspecified atom stereocenters. The van der Waals surface area contributed by atoms with Gasteiger partial charge in [-0.3, -0.25) is 0 Å². The van der Waals surface area contributed by atoms with Crippen molar-refractivity contribution in [3.05, 3.63) is 65.2 Å². The number of rotatable bonds is 3. The molecule has 0 amide bonds. The SMILES string of the molecule is C[C@@H]1CCO[C@@]12CC[C@H]1[C@@H]3CCc4cc(OCc5ccccc5)ccc4[C@H]3CC[C@@]12C. The average molecular weight is 417 g/mol. The maximum absolute atomic E-state index is 6.60. The Morgan fingerprint density at radius 2 is 1.87 bits per heavy atom. The van der Waals surface area contributed by atoms with Crippen LogP contribution in [-0.4, -0.2) is 12.2 Å². The highest BCUT2D eigenvalue weighted by Gasteiger charge is 2.65. The van der Waals surface area contributed by atoms with Gasteiger partial charge in [0.05, 0.1) is 5.60 Å². The minimum Gasteiger partial charge on any atom is -0.489 e. The average Bonchev–Trinajstić information content (AvgIpc) is 3.33. The molecule has 2 heteroatoms. The highest BCUT2D eigenvalue weighted by Crippen LogP contribution is 2.68. The largest absolute Gasteiger partial charge is 0.489 e. The van der Waals surface area contributed by atoms with Crippen molar-refractivity contribution in [2.75, 3.05) is 6.61 Å². The maximum Gasteiger partial charge on any atom is 0.120 e. The molecule has 2 saturated carbocycles. The standard InChI is InChI=1S/C29H36O2/c1-20-14-17-31-29(20)16-13-27-26-10-8-22-18-23(30-19-21-6-4-3-5-7-21)9-11-24(22)25(26)12-15-28(27,29)2/h3-7,9,11,18,20,25-27H,8,10,12-17,19H2,1-2H3/t20-,25-,26-,27+,28+,29+/m1/s1. The normalized spacial score (nSPS) is 38.5. The summed E-state index contributed by atoms with van der Waals surface area (Å²) in [4.78, 5) is 0. The molecule has 0 radical (unpaired) electrons. The van der Waals surface area contributed by atoms with E-state index in [1.54, 1.807) is 5.56 Å². The lowest BCUT2D eigenvalue weighted by atomic mass is 9.52. The quantitative estimate of drug-likeness (QED) is 0.541. The van der Waals surface area contributed by atoms with Crippen molar-refractivity contribution in [3.8, 4) is 5.75 Å². The van der Waals surface area contributed by atoms with Crippen LogP contribution in [0.2, 0.25) is 0 Å². The molecule has 0 N–H and O–H groups in total. The number of ether oxygens (including phenoxy) is 2. The van der Waals surface area contributed by atoms with E-state index in [0.717, 1.165) is 36.0 Å². The van der Waals surface area contributed by atoms with Gasteiger partial charge in [0.2, 0.25) is 0 Å². The third kappa shape index (κ3) is 2.94. The molecular weight excluding hydrogens is 380 g/mol. The predicted octanol–water partition coefficient (Wildman–Crippen LogP) is 6.92. The summed E-state index contributed by atoms with van der Waals surface area (Å²) in [7, 11) is 0. The molecule has 31 heavy (non-hydrogen) atoms. The minimum absolute atomic E-state index is 0.165. The van der Waals surface area contributed by atoms with Gasteiger partial charge < -0.3 is 9.47 Å². The fraction of sp³-hybridized carbons (Fsp3) is 0.586. The molecule has 164 valence electrons. The van der Waals surface area contributed by atoms with Gasteiger partial charge in [0.25, 0.3) is 0 Å². The molecule has 3 aliphatic carbocycles. The van der Waals surface area contributed by atoms with Crippen LogP contribution in [0.15, 0.2) is 48.5 Å². The molecule has 2 aromatic rings. The Hall–Kier alpha value is -1.80. The highest BCUT2D eigenvalue weighted by molar-refractivity contribution is 5.41. The Morgan fingerprint density at radius 3 is 2.68 bits per heavy atom. The minimum atomic E-state index is 0.165. The summed E-state index contributed by atoms with van der Waals surface area (Å²) in [5, 5.41) is 0. The summed E-state index contributed by atoms with van der Waals surface area (Å²) in [5.74, 6) is 4.14. The summed E-state index contributed by atoms with van der Waals surface area (Å²) in [6.45, 7) is 6.68. The molecule has 2 aromatic carbocycles. The summed E-state index contributed by atoms with van der Waals surface area (Å²) >= 11 is 0. The number of hydrogen-bond donors (Lipinski definition) is 0. The van der Waals surface area contributed by atoms with Crippen LogP contribution in [0.3, 0.4) is 0 Å². The summed E-state index contributed by atoms with van der Waals surface area (Å²) in [6, 6.07) is 17.4. The zero-order chi connectivity index (χ0) is 21.1. The zero-order valence-corrected chi connectivity index (χ0v) is 19.1. The van der Waals surface area contributed by atoms with Crippen molar-refractivity contribution in [1.29, 1.82) is 0 Å². The van der Waals surface area contributed by atoms with E-state index >= 15 is 0 Å². The van der Waals surface area contributed by atoms with Gasteiger partial charge in [0.15, 0.2) is 0 Å². The summed E-state index contributed by atoms with van der Waals surface area (Å²) < 4.78 is 12.7. The molecule has 6 rings (SSSR count). The predicted molar refractivity (Wildman–Crippen MR) is 124 cm³/mol. The monoisotopic (exact) mass is 416 g/mol. The lowest BCUT2D eigenvalue weighted by Gasteiger charge is -2.54. The van der Waals surface area contributed by atoms with E-state index in [1.807, 2.05) is 0 Å². The molecule has 4 aliphatic rings. The van der Waals surface area contributed by atoms with Gasteiger partial charge in [0, 0.05) is 6.61 Å². The van der Waals surface area contributed by atoms with E-state index in [0.29, 0.717) is 12.0 Å². The summed E-state index contributed by atoms with van der Waals surface area (Å²) in [6.07, 6.45) is 9.11. The first-order valence-corrected chi connectivity index (χ1v) is 12.5. The summed E-state index contributed by atoms with van der Waals surface area (Å²) in [5.41, 5.74) is 4.92. The molecular formula is C29H36O2. The lowest BCUT2D eigenvalue weighted by molar-refractivity contribution is -0.131. The van der Waals surface area contributed by atoms with E-state index in [2.05, 4.69) is 62.4 Å². The molecule has 3 fully saturated rings. The van der Waals surface area contributed by atoms with Crippen molar-refractivity contribution in [2.45, 2.75) is 76.9 Å². The third-order valence-electron chi connectivity index (χ3n) is 9.84. The molecule has 1 spiro atoms. The van der Waals surface area contributed by atoms with Crippen molar-refractivity contribution in [3.63, 3.8) is 0 Å². The van der Waals surface area contributed by atoms with E-state index < -0.39 is 0 Å². The maximum atomic E-state index is 6.60. The first-order chi connectivity index (χ1) is 15.1. The number of fused-ring (bicyclic) bond motifs is 6. The molecule has 0 bridgehead atoms. The van der Waals surface area contributed by atoms with E-state index in [-0.39, 0.29) is 5.60 Å². The Balaban J connectivity index is 1.22. The van der Waals surface area contributed by atoms with Gasteiger partial charge in [-0.05, 0) is 103 Å². The number of hydrogen-bond acceptors (Lipinski definition) is 2. The fourth-order valence-electron chi connectivity index (χ4n) is 8.26. The van der Waals surface area contributed by atoms with Crippen LogP contribution in [-0.2, 0) is 17.8 Å². The van der Waals surface area contributed by atoms with Crippen molar-refractivity contribution in [1.82, 2.24) is 0 Å². The molecule has 2 nitrogen and oxygen atoms in total. The van der Waals surface area contributed by atoms with E-state index in [9.17, 15) is 0 Å². The molecule has 1 heterocycles. The molecule has 1 aliphatic heterocycles. The van der Waals surface area contributed by atoms with Gasteiger partial charge in [-0.15, -0.1) is 0 Å². The van der Waals surface area contributed by atoms with Crippen molar-refractivity contribution in [2.24, 2.45) is 23.2 Å². The van der Waals surface area contributed by atoms with Crippen LogP contribution < -0.4 is 4.74 Å².